The summed E-state index contributed by atoms with van der Waals surface area (Å²) in [7, 11) is 3.32. The minimum absolute atomic E-state index is 0.0144. The fourth-order valence-electron chi connectivity index (χ4n) is 6.39. The topological polar surface area (TPSA) is 101 Å². The van der Waals surface area contributed by atoms with Crippen LogP contribution in [0.3, 0.4) is 0 Å². The van der Waals surface area contributed by atoms with Gasteiger partial charge in [-0.3, -0.25) is 14.6 Å². The van der Waals surface area contributed by atoms with Crippen molar-refractivity contribution in [2.75, 3.05) is 27.2 Å². The Kier molecular flexibility index (Phi) is 9.73. The summed E-state index contributed by atoms with van der Waals surface area (Å²) >= 11 is 0. The molecule has 1 fully saturated rings. The zero-order valence-electron chi connectivity index (χ0n) is 24.2. The quantitative estimate of drug-likeness (QED) is 0.419. The number of nitrogens with zero attached hydrogens (tertiary/aromatic N) is 4. The van der Waals surface area contributed by atoms with Crippen molar-refractivity contribution in [3.63, 3.8) is 0 Å². The number of halogens is 3. The fourth-order valence-corrected chi connectivity index (χ4v) is 6.39. The summed E-state index contributed by atoms with van der Waals surface area (Å²) in [6.07, 6.45) is 3.92. The zero-order valence-corrected chi connectivity index (χ0v) is 24.2. The van der Waals surface area contributed by atoms with Crippen LogP contribution in [0.2, 0.25) is 0 Å². The summed E-state index contributed by atoms with van der Waals surface area (Å²) in [6.45, 7) is 4.73. The summed E-state index contributed by atoms with van der Waals surface area (Å²) in [5.74, 6) is -0.659. The highest BCUT2D eigenvalue weighted by Gasteiger charge is 2.49. The fraction of sp³-hybridized carbons (Fsp3) is 0.655. The van der Waals surface area contributed by atoms with E-state index in [0.717, 1.165) is 37.9 Å². The average molecular weight is 580 g/mol. The molecule has 0 spiro atoms. The van der Waals surface area contributed by atoms with E-state index in [1.165, 1.54) is 17.4 Å². The summed E-state index contributed by atoms with van der Waals surface area (Å²) in [5.41, 5.74) is -0.772. The van der Waals surface area contributed by atoms with E-state index in [2.05, 4.69) is 29.1 Å². The first-order chi connectivity index (χ1) is 19.5. The van der Waals surface area contributed by atoms with Crippen molar-refractivity contribution in [2.45, 2.75) is 89.7 Å². The molecule has 1 aliphatic heterocycles. The molecule has 2 amide bonds. The number of hydrogen-bond donors (Lipinski definition) is 1. The first kappa shape index (κ1) is 31.0. The van der Waals surface area contributed by atoms with Crippen molar-refractivity contribution in [3.05, 3.63) is 47.4 Å². The normalized spacial score (nSPS) is 22.3. The third kappa shape index (κ3) is 6.91. The number of alkyl halides is 3. The van der Waals surface area contributed by atoms with Gasteiger partial charge in [-0.25, -0.2) is 4.98 Å². The average Bonchev–Trinajstić information content (AvgIpc) is 3.63. The predicted octanol–water partition coefficient (Wildman–Crippen LogP) is 4.47. The van der Waals surface area contributed by atoms with Gasteiger partial charge in [0.1, 0.15) is 6.26 Å². The molecule has 41 heavy (non-hydrogen) atoms. The number of fused-ring (bicyclic) bond motifs is 1. The molecular weight excluding hydrogens is 539 g/mol. The van der Waals surface area contributed by atoms with Crippen molar-refractivity contribution in [2.24, 2.45) is 5.41 Å². The lowest BCUT2D eigenvalue weighted by atomic mass is 9.82. The van der Waals surface area contributed by atoms with Crippen LogP contribution in [0.15, 0.2) is 29.1 Å². The molecule has 226 valence electrons. The van der Waals surface area contributed by atoms with Crippen LogP contribution in [0.1, 0.15) is 79.9 Å². The first-order valence-corrected chi connectivity index (χ1v) is 14.3. The van der Waals surface area contributed by atoms with Crippen LogP contribution in [-0.2, 0) is 28.7 Å². The summed E-state index contributed by atoms with van der Waals surface area (Å²) < 4.78 is 51.1. The molecule has 0 radical (unpaired) electrons. The third-order valence-corrected chi connectivity index (χ3v) is 8.42. The highest BCUT2D eigenvalue weighted by Crippen LogP contribution is 2.42. The minimum atomic E-state index is -4.52. The van der Waals surface area contributed by atoms with Gasteiger partial charge in [-0.15, -0.1) is 0 Å². The summed E-state index contributed by atoms with van der Waals surface area (Å²) in [5, 5.41) is 3.74. The predicted molar refractivity (Wildman–Crippen MR) is 145 cm³/mol. The number of ether oxygens (including phenoxy) is 1. The van der Waals surface area contributed by atoms with E-state index in [1.807, 2.05) is 0 Å². The number of nitrogens with one attached hydrogen (secondary N) is 1. The maximum atomic E-state index is 14.3. The Bertz CT molecular complexity index is 1190. The largest absolute Gasteiger partial charge is 0.441 e. The second-order valence-corrected chi connectivity index (χ2v) is 11.3. The molecule has 1 aliphatic carbocycles. The number of hydrogen-bond acceptors (Lipinski definition) is 7. The van der Waals surface area contributed by atoms with Crippen molar-refractivity contribution in [1.29, 1.82) is 0 Å². The third-order valence-electron chi connectivity index (χ3n) is 8.42. The molecule has 12 heteroatoms. The van der Waals surface area contributed by atoms with Gasteiger partial charge in [-0.05, 0) is 43.7 Å². The zero-order chi connectivity index (χ0) is 29.8. The Morgan fingerprint density at radius 3 is 2.73 bits per heavy atom. The van der Waals surface area contributed by atoms with Crippen molar-refractivity contribution >= 4 is 11.8 Å². The van der Waals surface area contributed by atoms with Crippen molar-refractivity contribution in [1.82, 2.24) is 25.1 Å². The highest BCUT2D eigenvalue weighted by atomic mass is 19.4. The first-order valence-electron chi connectivity index (χ1n) is 14.3. The monoisotopic (exact) mass is 579 g/mol. The molecule has 0 aromatic carbocycles. The van der Waals surface area contributed by atoms with Crippen LogP contribution in [0.25, 0.3) is 0 Å². The van der Waals surface area contributed by atoms with Gasteiger partial charge in [0.2, 0.25) is 5.91 Å². The van der Waals surface area contributed by atoms with E-state index < -0.39 is 23.1 Å². The molecule has 0 bridgehead atoms. The van der Waals surface area contributed by atoms with Crippen LogP contribution in [0.5, 0.6) is 0 Å². The maximum Gasteiger partial charge on any atom is 0.417 e. The second-order valence-electron chi connectivity index (χ2n) is 11.3. The molecule has 2 aliphatic rings. The van der Waals surface area contributed by atoms with E-state index >= 15 is 0 Å². The number of carbonyl (C=O) groups excluding carboxylic acids is 2. The number of amides is 2. The van der Waals surface area contributed by atoms with Gasteiger partial charge in [0, 0.05) is 64.2 Å². The number of methoxy groups -OCH3 is 1. The summed E-state index contributed by atoms with van der Waals surface area (Å²) in [4.78, 5) is 38.4. The molecule has 2 aromatic rings. The van der Waals surface area contributed by atoms with E-state index in [1.54, 1.807) is 19.1 Å². The van der Waals surface area contributed by atoms with Crippen LogP contribution in [0.4, 0.5) is 13.2 Å². The standard InChI is InChI=1S/C29H40F3N5O4/c1-5-7-23(24(6-2)40-4)35-21-8-10-28(15-21,18-36(3)26(38)25-33-11-13-41-25)27(39)37-12-9-22-19(17-37)14-20(16-34-22)29(30,31)32/h11,13-14,16,21,23-24,35H,5-10,12,15,17-18H2,1-4H3/t21-,23?,24?,28+/m1/s1. The Labute approximate surface area is 238 Å². The molecule has 2 aromatic heterocycles. The van der Waals surface area contributed by atoms with E-state index in [-0.39, 0.29) is 43.1 Å². The number of rotatable bonds is 11. The molecule has 0 saturated heterocycles. The number of aromatic nitrogens is 2. The molecule has 1 N–H and O–H groups in total. The number of pyridine rings is 1. The molecule has 3 heterocycles. The van der Waals surface area contributed by atoms with Crippen molar-refractivity contribution < 1.29 is 31.9 Å². The van der Waals surface area contributed by atoms with Crippen LogP contribution < -0.4 is 5.32 Å². The van der Waals surface area contributed by atoms with Gasteiger partial charge in [0.15, 0.2) is 0 Å². The van der Waals surface area contributed by atoms with Crippen LogP contribution >= 0.6 is 0 Å². The number of oxazole rings is 1. The van der Waals surface area contributed by atoms with E-state index in [0.29, 0.717) is 37.1 Å². The molecule has 9 nitrogen and oxygen atoms in total. The molecule has 2 unspecified atom stereocenters. The van der Waals surface area contributed by atoms with Crippen LogP contribution in [-0.4, -0.2) is 77.0 Å². The van der Waals surface area contributed by atoms with Gasteiger partial charge < -0.3 is 24.3 Å². The second kappa shape index (κ2) is 12.9. The van der Waals surface area contributed by atoms with Gasteiger partial charge in [0.05, 0.1) is 23.3 Å². The Hall–Kier alpha value is -2.99. The van der Waals surface area contributed by atoms with E-state index in [4.69, 9.17) is 9.15 Å². The molecule has 4 atom stereocenters. The van der Waals surface area contributed by atoms with Gasteiger partial charge in [-0.1, -0.05) is 20.3 Å². The molecule has 4 rings (SSSR count). The number of carbonyl (C=O) groups is 2. The van der Waals surface area contributed by atoms with E-state index in [9.17, 15) is 22.8 Å². The Morgan fingerprint density at radius 2 is 2.10 bits per heavy atom. The minimum Gasteiger partial charge on any atom is -0.441 e. The highest BCUT2D eigenvalue weighted by molar-refractivity contribution is 5.90. The van der Waals surface area contributed by atoms with Crippen LogP contribution in [0, 0.1) is 5.41 Å². The lowest BCUT2D eigenvalue weighted by Crippen LogP contribution is -2.52. The molecule has 1 saturated carbocycles. The maximum absolute atomic E-state index is 14.3. The van der Waals surface area contributed by atoms with Gasteiger partial charge in [0.25, 0.3) is 5.89 Å². The Balaban J connectivity index is 1.58. The van der Waals surface area contributed by atoms with Gasteiger partial charge >= 0.3 is 12.1 Å². The SMILES string of the molecule is CCCC(N[C@@H]1CC[C@](CN(C)C(=O)c2ncco2)(C(=O)N2CCc3ncc(C(F)(F)F)cc3C2)C1)C(CC)OC. The van der Waals surface area contributed by atoms with Gasteiger partial charge in [-0.2, -0.15) is 13.2 Å². The Morgan fingerprint density at radius 1 is 1.32 bits per heavy atom. The summed E-state index contributed by atoms with van der Waals surface area (Å²) in [6, 6.07) is 1.23. The lowest BCUT2D eigenvalue weighted by Gasteiger charge is -2.39. The smallest absolute Gasteiger partial charge is 0.417 e. The molecular formula is C29H40F3N5O4. The lowest BCUT2D eigenvalue weighted by molar-refractivity contribution is -0.143. The van der Waals surface area contributed by atoms with Crippen molar-refractivity contribution in [3.8, 4) is 0 Å².